The van der Waals surface area contributed by atoms with E-state index >= 15 is 0 Å². The van der Waals surface area contributed by atoms with Crippen LogP contribution in [0.15, 0.2) is 30.3 Å². The fourth-order valence-corrected chi connectivity index (χ4v) is 7.82. The largest absolute Gasteiger partial charge is 0.458 e. The molecule has 21 nitrogen and oxygen atoms in total. The summed E-state index contributed by atoms with van der Waals surface area (Å²) in [5.74, 6) is -7.73. The van der Waals surface area contributed by atoms with Gasteiger partial charge in [0.15, 0.2) is 6.10 Å². The molecule has 0 saturated carbocycles. The lowest BCUT2D eigenvalue weighted by Gasteiger charge is -2.44. The second-order valence-electron chi connectivity index (χ2n) is 16.9. The van der Waals surface area contributed by atoms with Gasteiger partial charge in [0.05, 0.1) is 0 Å². The Morgan fingerprint density at radius 2 is 1.58 bits per heavy atom. The van der Waals surface area contributed by atoms with Gasteiger partial charge in [-0.15, -0.1) is 0 Å². The standard InChI is InChI=1S/C42H67N7O14S/c1-9-24(3)33-42(58)63-26(5)34(46-38(54)31(50)23-62-64(59,60)61)39(55)43-28(18-14-15-21-47(6)7)36(52)44-29-19-20-32(51)49(40(29)56)35(25(4)10-2)41(57)48(8)30(37(53)45-33)22-27-16-12-11-13-17-27/h11-13,16-17,24-26,28-35,50-51H,9-10,14-15,18-23H2,1-8H3,(H,43,55)(H,44,52)(H,45,53)(H,46,54)(H,59,60,61)/t24-,25-,26+,28?,29-,30-,31?,32+,33-,34?,35?/m0/s1. The SMILES string of the molecule is CC[C@H](C)C1C(=O)N(C)[C@@H](Cc2ccccc2)C(=O)N[C@@H]([C@@H](C)CC)C(=O)O[C@H](C)C(NC(=O)C(O)COS(=O)(=O)O)C(=O)NC(CCCCN(C)C)C(=O)N[C@H]2CC[C@@H](O)N1C2=O. The average Bonchev–Trinajstić information content (AvgIpc) is 3.24. The summed E-state index contributed by atoms with van der Waals surface area (Å²) in [4.78, 5) is 104. The third-order valence-electron chi connectivity index (χ3n) is 11.8. The maximum absolute atomic E-state index is 14.8. The number of carbonyl (C=O) groups is 7. The number of rotatable bonds is 16. The quantitative estimate of drug-likeness (QED) is 0.0611. The first-order valence-corrected chi connectivity index (χ1v) is 23.0. The fraction of sp³-hybridized carbons (Fsp3) is 0.690. The van der Waals surface area contributed by atoms with Crippen molar-refractivity contribution in [2.75, 3.05) is 34.3 Å². The van der Waals surface area contributed by atoms with E-state index in [0.29, 0.717) is 37.8 Å². The van der Waals surface area contributed by atoms with Crippen molar-refractivity contribution >= 4 is 51.8 Å². The van der Waals surface area contributed by atoms with E-state index in [2.05, 4.69) is 25.5 Å². The maximum Gasteiger partial charge on any atom is 0.397 e. The predicted octanol–water partition coefficient (Wildman–Crippen LogP) is -0.746. The Labute approximate surface area is 375 Å². The first kappa shape index (κ1) is 53.6. The van der Waals surface area contributed by atoms with E-state index < -0.39 is 125 Å². The molecule has 0 radical (unpaired) electrons. The molecular weight excluding hydrogens is 859 g/mol. The predicted molar refractivity (Wildman–Crippen MR) is 231 cm³/mol. The third kappa shape index (κ3) is 15.2. The number of benzene rings is 1. The molecule has 64 heavy (non-hydrogen) atoms. The van der Waals surface area contributed by atoms with Gasteiger partial charge in [0.25, 0.3) is 5.91 Å². The molecule has 0 aromatic heterocycles. The van der Waals surface area contributed by atoms with Crippen LogP contribution in [0.5, 0.6) is 0 Å². The summed E-state index contributed by atoms with van der Waals surface area (Å²) < 4.78 is 41.2. The van der Waals surface area contributed by atoms with Crippen molar-refractivity contribution in [2.24, 2.45) is 11.8 Å². The normalized spacial score (nSPS) is 27.2. The molecule has 0 aliphatic carbocycles. The summed E-state index contributed by atoms with van der Waals surface area (Å²) >= 11 is 0. The van der Waals surface area contributed by atoms with Crippen LogP contribution in [0.3, 0.4) is 0 Å². The van der Waals surface area contributed by atoms with Crippen LogP contribution < -0.4 is 21.3 Å². The first-order chi connectivity index (χ1) is 30.0. The van der Waals surface area contributed by atoms with Crippen LogP contribution in [-0.4, -0.2) is 168 Å². The summed E-state index contributed by atoms with van der Waals surface area (Å²) in [5, 5.41) is 32.0. The Balaban J connectivity index is 2.23. The molecule has 1 aromatic carbocycles. The van der Waals surface area contributed by atoms with Crippen molar-refractivity contribution in [3.8, 4) is 0 Å². The lowest BCUT2D eigenvalue weighted by Crippen LogP contribution is -2.66. The molecule has 2 fully saturated rings. The van der Waals surface area contributed by atoms with E-state index in [0.717, 1.165) is 4.90 Å². The van der Waals surface area contributed by atoms with E-state index in [-0.39, 0.29) is 25.7 Å². The minimum Gasteiger partial charge on any atom is -0.458 e. The van der Waals surface area contributed by atoms with Gasteiger partial charge in [0.2, 0.25) is 29.5 Å². The Morgan fingerprint density at radius 1 is 0.938 bits per heavy atom. The number of ether oxygens (including phenoxy) is 1. The number of hydrogen-bond acceptors (Lipinski definition) is 14. The van der Waals surface area contributed by atoms with Gasteiger partial charge in [-0.2, -0.15) is 8.42 Å². The topological polar surface area (TPSA) is 291 Å². The minimum atomic E-state index is -5.10. The Bertz CT molecular complexity index is 1890. The van der Waals surface area contributed by atoms with Crippen molar-refractivity contribution in [1.29, 1.82) is 0 Å². The van der Waals surface area contributed by atoms with E-state index in [1.165, 1.54) is 18.9 Å². The molecular formula is C42H67N7O14S. The number of amides is 6. The highest BCUT2D eigenvalue weighted by Crippen LogP contribution is 2.28. The highest BCUT2D eigenvalue weighted by Gasteiger charge is 2.47. The third-order valence-corrected chi connectivity index (χ3v) is 12.2. The second kappa shape index (κ2) is 24.5. The van der Waals surface area contributed by atoms with Crippen molar-refractivity contribution in [3.63, 3.8) is 0 Å². The summed E-state index contributed by atoms with van der Waals surface area (Å²) in [6, 6.07) is 0.270. The van der Waals surface area contributed by atoms with Gasteiger partial charge < -0.3 is 50.9 Å². The van der Waals surface area contributed by atoms with Crippen molar-refractivity contribution in [1.82, 2.24) is 36.0 Å². The molecule has 360 valence electrons. The van der Waals surface area contributed by atoms with Crippen LogP contribution in [0.2, 0.25) is 0 Å². The molecule has 2 heterocycles. The van der Waals surface area contributed by atoms with Crippen LogP contribution in [0, 0.1) is 11.8 Å². The van der Waals surface area contributed by atoms with E-state index in [9.17, 15) is 52.2 Å². The second-order valence-corrected chi connectivity index (χ2v) is 18.0. The summed E-state index contributed by atoms with van der Waals surface area (Å²) in [5.41, 5.74) is 0.652. The van der Waals surface area contributed by atoms with Crippen molar-refractivity contribution in [3.05, 3.63) is 35.9 Å². The van der Waals surface area contributed by atoms with Gasteiger partial charge in [-0.1, -0.05) is 70.9 Å². The molecule has 6 amide bonds. The average molecular weight is 926 g/mol. The number of nitrogens with one attached hydrogen (secondary N) is 4. The molecule has 2 saturated heterocycles. The van der Waals surface area contributed by atoms with Crippen LogP contribution >= 0.6 is 0 Å². The summed E-state index contributed by atoms with van der Waals surface area (Å²) in [7, 11) is 0.000781. The molecule has 7 N–H and O–H groups in total. The zero-order valence-corrected chi connectivity index (χ0v) is 38.7. The number of aliphatic hydroxyl groups is 2. The maximum atomic E-state index is 14.8. The Morgan fingerprint density at radius 3 is 2.17 bits per heavy atom. The highest BCUT2D eigenvalue weighted by atomic mass is 32.3. The molecule has 22 heteroatoms. The molecule has 3 rings (SSSR count). The number of fused-ring (bicyclic) bond motifs is 2. The number of aliphatic hydroxyl groups excluding tert-OH is 2. The van der Waals surface area contributed by atoms with E-state index in [1.807, 2.05) is 19.0 Å². The van der Waals surface area contributed by atoms with Crippen LogP contribution in [0.1, 0.15) is 85.1 Å². The number of esters is 1. The van der Waals surface area contributed by atoms with Gasteiger partial charge >= 0.3 is 16.4 Å². The molecule has 2 bridgehead atoms. The van der Waals surface area contributed by atoms with Crippen molar-refractivity contribution < 1.29 is 65.7 Å². The van der Waals surface area contributed by atoms with Crippen LogP contribution in [0.25, 0.3) is 0 Å². The zero-order chi connectivity index (χ0) is 48.1. The number of piperidine rings is 1. The highest BCUT2D eigenvalue weighted by molar-refractivity contribution is 7.80. The molecule has 2 aliphatic heterocycles. The number of hydrogen-bond donors (Lipinski definition) is 7. The smallest absolute Gasteiger partial charge is 0.397 e. The summed E-state index contributed by atoms with van der Waals surface area (Å²) in [6.45, 7) is 7.53. The fourth-order valence-electron chi connectivity index (χ4n) is 7.52. The Kier molecular flexibility index (Phi) is 20.5. The minimum absolute atomic E-state index is 0.0159. The Hall–Kier alpha value is -4.74. The lowest BCUT2D eigenvalue weighted by molar-refractivity contribution is -0.168. The monoisotopic (exact) mass is 925 g/mol. The van der Waals surface area contributed by atoms with Crippen LogP contribution in [-0.2, 0) is 59.3 Å². The van der Waals surface area contributed by atoms with Gasteiger partial charge in [-0.3, -0.25) is 33.3 Å². The van der Waals surface area contributed by atoms with Crippen LogP contribution in [0.4, 0.5) is 0 Å². The number of likely N-dealkylation sites (N-methyl/N-ethyl adjacent to an activating group) is 1. The van der Waals surface area contributed by atoms with Crippen molar-refractivity contribution in [2.45, 2.75) is 141 Å². The van der Waals surface area contributed by atoms with Gasteiger partial charge in [-0.25, -0.2) is 8.98 Å². The van der Waals surface area contributed by atoms with Gasteiger partial charge in [0.1, 0.15) is 55.2 Å². The molecule has 1 aromatic rings. The number of unbranched alkanes of at least 4 members (excludes halogenated alkanes) is 1. The van der Waals surface area contributed by atoms with Gasteiger partial charge in [-0.05, 0) is 77.1 Å². The zero-order valence-electron chi connectivity index (χ0n) is 37.9. The van der Waals surface area contributed by atoms with Gasteiger partial charge in [0, 0.05) is 13.5 Å². The molecule has 4 unspecified atom stereocenters. The lowest BCUT2D eigenvalue weighted by atomic mass is 9.91. The molecule has 0 spiro atoms. The molecule has 2 aliphatic rings. The van der Waals surface area contributed by atoms with E-state index in [1.54, 1.807) is 58.0 Å². The van der Waals surface area contributed by atoms with E-state index in [4.69, 9.17) is 9.29 Å². The molecule has 11 atom stereocenters. The number of nitrogens with zero attached hydrogens (tertiary/aromatic N) is 3. The number of cyclic esters (lactones) is 1. The number of carbonyl (C=O) groups excluding carboxylic acids is 7. The first-order valence-electron chi connectivity index (χ1n) is 21.7. The summed E-state index contributed by atoms with van der Waals surface area (Å²) in [6.07, 6.45) is -3.76.